The molecule has 1 aliphatic rings. The second kappa shape index (κ2) is 13.0. The molecule has 1 heterocycles. The van der Waals surface area contributed by atoms with Crippen LogP contribution in [0.1, 0.15) is 34.6 Å². The van der Waals surface area contributed by atoms with Crippen molar-refractivity contribution in [3.8, 4) is 22.3 Å². The van der Waals surface area contributed by atoms with Gasteiger partial charge in [-0.3, -0.25) is 0 Å². The Hall–Kier alpha value is -5.28. The zero-order valence-electron chi connectivity index (χ0n) is 27.7. The first kappa shape index (κ1) is 31.0. The average molecular weight is 650 g/mol. The molecule has 0 saturated heterocycles. The summed E-state index contributed by atoms with van der Waals surface area (Å²) in [7, 11) is 0. The fourth-order valence-electron chi connectivity index (χ4n) is 7.93. The minimum absolute atomic E-state index is 0.0154. The lowest BCUT2D eigenvalue weighted by Gasteiger charge is -2.42. The van der Waals surface area contributed by atoms with Crippen LogP contribution in [0, 0.1) is 12.8 Å². The number of allylic oxidation sites excluding steroid dienone is 4. The Balaban J connectivity index is 1.28. The Morgan fingerprint density at radius 1 is 0.735 bits per heavy atom. The molecule has 0 radical (unpaired) electrons. The molecular weight excluding hydrogens is 611 g/mol. The first-order valence-electron chi connectivity index (χ1n) is 17.1. The van der Waals surface area contributed by atoms with Gasteiger partial charge in [-0.1, -0.05) is 169 Å². The smallest absolute Gasteiger partial charge is 0.0735 e. The van der Waals surface area contributed by atoms with Crippen molar-refractivity contribution in [3.05, 3.63) is 204 Å². The summed E-state index contributed by atoms with van der Waals surface area (Å²) in [6.07, 6.45) is 9.67. The SMILES string of the molecule is C=CC(C1=CC=CCC1C(N)(c1ccccc1)c1ccccc1)c1cccc(-c2ccc3sc4ccccc4c3c2-c2cccc(C)c2)c1. The van der Waals surface area contributed by atoms with Crippen LogP contribution in [0.4, 0.5) is 0 Å². The Labute approximate surface area is 293 Å². The number of hydrogen-bond donors (Lipinski definition) is 1. The third-order valence-corrected chi connectivity index (χ3v) is 11.4. The van der Waals surface area contributed by atoms with E-state index in [1.807, 2.05) is 11.3 Å². The van der Waals surface area contributed by atoms with E-state index >= 15 is 0 Å². The lowest BCUT2D eigenvalue weighted by atomic mass is 9.65. The third-order valence-electron chi connectivity index (χ3n) is 10.3. The van der Waals surface area contributed by atoms with E-state index < -0.39 is 5.54 Å². The minimum Gasteiger partial charge on any atom is -0.317 e. The van der Waals surface area contributed by atoms with Crippen LogP contribution in [0.3, 0.4) is 0 Å². The van der Waals surface area contributed by atoms with Crippen molar-refractivity contribution in [2.45, 2.75) is 24.8 Å². The van der Waals surface area contributed by atoms with Gasteiger partial charge in [0.1, 0.15) is 0 Å². The molecule has 1 aliphatic carbocycles. The fourth-order valence-corrected chi connectivity index (χ4v) is 9.05. The molecule has 8 rings (SSSR count). The number of nitrogens with two attached hydrogens (primary N) is 1. The van der Waals surface area contributed by atoms with Crippen molar-refractivity contribution in [3.63, 3.8) is 0 Å². The van der Waals surface area contributed by atoms with Gasteiger partial charge in [0.15, 0.2) is 0 Å². The van der Waals surface area contributed by atoms with Crippen LogP contribution in [0.15, 0.2) is 182 Å². The van der Waals surface area contributed by atoms with Gasteiger partial charge in [0.05, 0.1) is 5.54 Å². The Morgan fingerprint density at radius 2 is 1.43 bits per heavy atom. The zero-order valence-corrected chi connectivity index (χ0v) is 28.5. The Morgan fingerprint density at radius 3 is 2.16 bits per heavy atom. The van der Waals surface area contributed by atoms with Crippen LogP contribution in [0.25, 0.3) is 42.4 Å². The molecule has 6 aromatic carbocycles. The zero-order chi connectivity index (χ0) is 33.4. The fraction of sp³-hybridized carbons (Fsp3) is 0.106. The second-order valence-electron chi connectivity index (χ2n) is 13.2. The largest absolute Gasteiger partial charge is 0.317 e. The number of aryl methyl sites for hydroxylation is 1. The minimum atomic E-state index is -0.721. The molecule has 7 aromatic rings. The molecule has 2 N–H and O–H groups in total. The summed E-state index contributed by atoms with van der Waals surface area (Å²) in [4.78, 5) is 0. The second-order valence-corrected chi connectivity index (χ2v) is 14.2. The lowest BCUT2D eigenvalue weighted by molar-refractivity contribution is 0.365. The summed E-state index contributed by atoms with van der Waals surface area (Å²) in [6, 6.07) is 52.6. The molecule has 0 spiro atoms. The maximum Gasteiger partial charge on any atom is 0.0735 e. The van der Waals surface area contributed by atoms with E-state index in [2.05, 4.69) is 183 Å². The summed E-state index contributed by atoms with van der Waals surface area (Å²) in [5.74, 6) is 0.0173. The van der Waals surface area contributed by atoms with Crippen LogP contribution >= 0.6 is 11.3 Å². The maximum atomic E-state index is 7.67. The highest BCUT2D eigenvalue weighted by Gasteiger charge is 2.42. The summed E-state index contributed by atoms with van der Waals surface area (Å²) < 4.78 is 2.62. The first-order chi connectivity index (χ1) is 24.1. The molecule has 49 heavy (non-hydrogen) atoms. The number of hydrogen-bond acceptors (Lipinski definition) is 2. The van der Waals surface area contributed by atoms with E-state index in [-0.39, 0.29) is 11.8 Å². The summed E-state index contributed by atoms with van der Waals surface area (Å²) in [5.41, 5.74) is 17.9. The quantitative estimate of drug-likeness (QED) is 0.163. The molecule has 1 nitrogen and oxygen atoms in total. The van der Waals surface area contributed by atoms with Gasteiger partial charge in [-0.05, 0) is 64.4 Å². The maximum absolute atomic E-state index is 7.67. The normalized spacial score (nSPS) is 15.3. The molecule has 1 aromatic heterocycles. The van der Waals surface area contributed by atoms with Gasteiger partial charge in [-0.25, -0.2) is 0 Å². The van der Waals surface area contributed by atoms with E-state index in [0.717, 1.165) is 17.5 Å². The average Bonchev–Trinajstić information content (AvgIpc) is 3.54. The van der Waals surface area contributed by atoms with Gasteiger partial charge >= 0.3 is 0 Å². The predicted octanol–water partition coefficient (Wildman–Crippen LogP) is 12.4. The van der Waals surface area contributed by atoms with Crippen molar-refractivity contribution in [2.75, 3.05) is 0 Å². The van der Waals surface area contributed by atoms with Crippen LogP contribution in [0.5, 0.6) is 0 Å². The van der Waals surface area contributed by atoms with E-state index in [9.17, 15) is 0 Å². The highest BCUT2D eigenvalue weighted by Crippen LogP contribution is 2.48. The number of fused-ring (bicyclic) bond motifs is 3. The lowest BCUT2D eigenvalue weighted by Crippen LogP contribution is -2.47. The van der Waals surface area contributed by atoms with E-state index in [0.29, 0.717) is 0 Å². The van der Waals surface area contributed by atoms with Crippen LogP contribution in [-0.4, -0.2) is 0 Å². The van der Waals surface area contributed by atoms with Gasteiger partial charge in [-0.15, -0.1) is 17.9 Å². The van der Waals surface area contributed by atoms with Crippen molar-refractivity contribution >= 4 is 31.5 Å². The Bertz CT molecular complexity index is 2320. The van der Waals surface area contributed by atoms with Gasteiger partial charge in [-0.2, -0.15) is 0 Å². The number of benzene rings is 6. The monoisotopic (exact) mass is 649 g/mol. The molecule has 0 bridgehead atoms. The molecule has 0 fully saturated rings. The van der Waals surface area contributed by atoms with Crippen LogP contribution in [0.2, 0.25) is 0 Å². The third kappa shape index (κ3) is 5.48. The Kier molecular flexibility index (Phi) is 8.21. The molecule has 0 amide bonds. The van der Waals surface area contributed by atoms with E-state index in [1.54, 1.807) is 0 Å². The van der Waals surface area contributed by atoms with Crippen LogP contribution < -0.4 is 5.73 Å². The van der Waals surface area contributed by atoms with Gasteiger partial charge in [0.2, 0.25) is 0 Å². The standard InChI is InChI=1S/C47H39NS/c1-3-38(40-24-10-12-26-42(40)47(48,36-20-6-4-7-21-36)37-22-8-5-9-23-37)33-17-15-18-34(31-33)39-28-29-44-46(41-25-11-13-27-43(41)49-44)45(39)35-19-14-16-32(2)30-35/h3-25,27-31,38,42H,1,26,48H2,2H3. The van der Waals surface area contributed by atoms with Crippen molar-refractivity contribution in [1.29, 1.82) is 0 Å². The van der Waals surface area contributed by atoms with Gasteiger partial charge in [0.25, 0.3) is 0 Å². The van der Waals surface area contributed by atoms with Crippen molar-refractivity contribution in [2.24, 2.45) is 11.7 Å². The summed E-state index contributed by atoms with van der Waals surface area (Å²) >= 11 is 1.87. The van der Waals surface area contributed by atoms with Crippen molar-refractivity contribution in [1.82, 2.24) is 0 Å². The molecule has 0 saturated carbocycles. The molecular formula is C47H39NS. The van der Waals surface area contributed by atoms with Crippen molar-refractivity contribution < 1.29 is 0 Å². The number of thiophene rings is 1. The molecule has 0 aliphatic heterocycles. The highest BCUT2D eigenvalue weighted by molar-refractivity contribution is 7.26. The number of rotatable bonds is 8. The topological polar surface area (TPSA) is 26.0 Å². The highest BCUT2D eigenvalue weighted by atomic mass is 32.1. The predicted molar refractivity (Wildman–Crippen MR) is 211 cm³/mol. The summed E-state index contributed by atoms with van der Waals surface area (Å²) in [6.45, 7) is 6.59. The van der Waals surface area contributed by atoms with E-state index in [4.69, 9.17) is 5.73 Å². The van der Waals surface area contributed by atoms with E-state index in [1.165, 1.54) is 59.1 Å². The van der Waals surface area contributed by atoms with Crippen LogP contribution in [-0.2, 0) is 5.54 Å². The molecule has 2 unspecified atom stereocenters. The van der Waals surface area contributed by atoms with Gasteiger partial charge in [0, 0.05) is 32.0 Å². The summed E-state index contributed by atoms with van der Waals surface area (Å²) in [5, 5.41) is 2.64. The first-order valence-corrected chi connectivity index (χ1v) is 17.9. The molecule has 2 heteroatoms. The molecule has 238 valence electrons. The molecule has 2 atom stereocenters. The van der Waals surface area contributed by atoms with Gasteiger partial charge < -0.3 is 5.73 Å².